The maximum absolute atomic E-state index is 11.8. The number of unbranched alkanes of at least 4 members (excludes halogenated alkanes) is 1. The second kappa shape index (κ2) is 7.58. The Hall–Kier alpha value is -1.82. The Balaban J connectivity index is 2.71. The predicted molar refractivity (Wildman–Crippen MR) is 76.8 cm³/mol. The molecule has 0 saturated heterocycles. The Morgan fingerprint density at radius 1 is 1.42 bits per heavy atom. The molecular formula is C16H22N2O. The van der Waals surface area contributed by atoms with Gasteiger partial charge in [-0.2, -0.15) is 5.26 Å². The molecular weight excluding hydrogens is 236 g/mol. The van der Waals surface area contributed by atoms with Crippen LogP contribution in [0.2, 0.25) is 0 Å². The van der Waals surface area contributed by atoms with Gasteiger partial charge in [-0.15, -0.1) is 0 Å². The van der Waals surface area contributed by atoms with Crippen LogP contribution < -0.4 is 5.32 Å². The molecule has 1 atom stereocenters. The summed E-state index contributed by atoms with van der Waals surface area (Å²) in [7, 11) is 0. The summed E-state index contributed by atoms with van der Waals surface area (Å²) in [5, 5.41) is 12.1. The van der Waals surface area contributed by atoms with Crippen LogP contribution in [0.5, 0.6) is 0 Å². The highest BCUT2D eigenvalue weighted by Crippen LogP contribution is 2.23. The van der Waals surface area contributed by atoms with Crippen molar-refractivity contribution in [1.29, 1.82) is 5.26 Å². The molecule has 3 heteroatoms. The van der Waals surface area contributed by atoms with Crippen molar-refractivity contribution in [2.75, 3.05) is 6.54 Å². The number of nitrogens with zero attached hydrogens (tertiary/aromatic N) is 1. The molecule has 3 nitrogen and oxygen atoms in total. The van der Waals surface area contributed by atoms with Gasteiger partial charge in [0.15, 0.2) is 0 Å². The summed E-state index contributed by atoms with van der Waals surface area (Å²) in [6.07, 6.45) is 2.27. The second-order valence-electron chi connectivity index (χ2n) is 4.95. The zero-order valence-corrected chi connectivity index (χ0v) is 12.0. The first-order valence-electron chi connectivity index (χ1n) is 6.82. The van der Waals surface area contributed by atoms with Crippen LogP contribution in [0.4, 0.5) is 0 Å². The number of hydrogen-bond acceptors (Lipinski definition) is 2. The number of nitrogens with one attached hydrogen (secondary N) is 1. The molecule has 102 valence electrons. The third kappa shape index (κ3) is 4.75. The van der Waals surface area contributed by atoms with E-state index >= 15 is 0 Å². The molecule has 1 amide bonds. The summed E-state index contributed by atoms with van der Waals surface area (Å²) in [6.45, 7) is 6.76. The minimum Gasteiger partial charge on any atom is -0.356 e. The maximum atomic E-state index is 11.8. The highest BCUT2D eigenvalue weighted by atomic mass is 16.1. The summed E-state index contributed by atoms with van der Waals surface area (Å²) in [6, 6.07) is 8.28. The van der Waals surface area contributed by atoms with E-state index in [-0.39, 0.29) is 18.2 Å². The van der Waals surface area contributed by atoms with Crippen LogP contribution in [0.3, 0.4) is 0 Å². The van der Waals surface area contributed by atoms with Crippen LogP contribution in [-0.2, 0) is 4.79 Å². The van der Waals surface area contributed by atoms with Crippen LogP contribution in [0, 0.1) is 25.2 Å². The number of carbonyl (C=O) groups is 1. The molecule has 0 spiro atoms. The number of carbonyl (C=O) groups excluding carboxylic acids is 1. The molecule has 0 bridgehead atoms. The molecule has 0 aliphatic carbocycles. The van der Waals surface area contributed by atoms with Crippen molar-refractivity contribution in [3.8, 4) is 6.07 Å². The molecule has 1 aromatic rings. The van der Waals surface area contributed by atoms with Gasteiger partial charge >= 0.3 is 0 Å². The summed E-state index contributed by atoms with van der Waals surface area (Å²) in [5.74, 6) is -0.401. The van der Waals surface area contributed by atoms with Gasteiger partial charge in [0.25, 0.3) is 0 Å². The number of benzene rings is 1. The Morgan fingerprint density at radius 3 is 2.79 bits per heavy atom. The number of aryl methyl sites for hydroxylation is 2. The number of rotatable bonds is 6. The first-order chi connectivity index (χ1) is 9.08. The standard InChI is InChI=1S/C16H22N2O/c1-4-5-8-18-16(19)10-14(11-17)15-9-12(2)6-7-13(15)3/h6-7,9,14H,4-5,8,10H2,1-3H3,(H,18,19). The first-order valence-corrected chi connectivity index (χ1v) is 6.82. The summed E-state index contributed by atoms with van der Waals surface area (Å²) >= 11 is 0. The van der Waals surface area contributed by atoms with Crippen molar-refractivity contribution in [3.05, 3.63) is 34.9 Å². The van der Waals surface area contributed by atoms with Crippen LogP contribution >= 0.6 is 0 Å². The number of amides is 1. The predicted octanol–water partition coefficient (Wildman–Crippen LogP) is 3.22. The van der Waals surface area contributed by atoms with Gasteiger partial charge in [0, 0.05) is 13.0 Å². The number of nitriles is 1. The van der Waals surface area contributed by atoms with Crippen LogP contribution in [-0.4, -0.2) is 12.5 Å². The highest BCUT2D eigenvalue weighted by molar-refractivity contribution is 5.77. The van der Waals surface area contributed by atoms with Gasteiger partial charge in [0.2, 0.25) is 5.91 Å². The van der Waals surface area contributed by atoms with E-state index in [0.29, 0.717) is 6.54 Å². The van der Waals surface area contributed by atoms with Gasteiger partial charge in [-0.3, -0.25) is 4.79 Å². The zero-order chi connectivity index (χ0) is 14.3. The Kier molecular flexibility index (Phi) is 6.08. The molecule has 1 N–H and O–H groups in total. The molecule has 1 unspecified atom stereocenters. The van der Waals surface area contributed by atoms with E-state index in [0.717, 1.165) is 29.5 Å². The maximum Gasteiger partial charge on any atom is 0.221 e. The lowest BCUT2D eigenvalue weighted by Crippen LogP contribution is -2.25. The average molecular weight is 258 g/mol. The molecule has 0 heterocycles. The molecule has 0 aliphatic rings. The molecule has 0 fully saturated rings. The molecule has 0 aromatic heterocycles. The topological polar surface area (TPSA) is 52.9 Å². The van der Waals surface area contributed by atoms with Crippen LogP contribution in [0.1, 0.15) is 48.8 Å². The quantitative estimate of drug-likeness (QED) is 0.796. The van der Waals surface area contributed by atoms with Crippen molar-refractivity contribution < 1.29 is 4.79 Å². The summed E-state index contributed by atoms with van der Waals surface area (Å²) in [4.78, 5) is 11.8. The van der Waals surface area contributed by atoms with Gasteiger partial charge in [-0.05, 0) is 31.4 Å². The lowest BCUT2D eigenvalue weighted by atomic mass is 9.91. The molecule has 0 aliphatic heterocycles. The van der Waals surface area contributed by atoms with Crippen molar-refractivity contribution in [2.24, 2.45) is 0 Å². The third-order valence-electron chi connectivity index (χ3n) is 3.21. The fourth-order valence-corrected chi connectivity index (χ4v) is 2.02. The Labute approximate surface area is 115 Å². The van der Waals surface area contributed by atoms with E-state index in [1.165, 1.54) is 0 Å². The fraction of sp³-hybridized carbons (Fsp3) is 0.500. The summed E-state index contributed by atoms with van der Waals surface area (Å²) < 4.78 is 0. The molecule has 0 radical (unpaired) electrons. The van der Waals surface area contributed by atoms with E-state index in [1.54, 1.807) is 0 Å². The lowest BCUT2D eigenvalue weighted by molar-refractivity contribution is -0.121. The van der Waals surface area contributed by atoms with Gasteiger partial charge in [0.05, 0.1) is 12.0 Å². The van der Waals surface area contributed by atoms with Crippen molar-refractivity contribution >= 4 is 5.91 Å². The summed E-state index contributed by atoms with van der Waals surface area (Å²) in [5.41, 5.74) is 3.15. The van der Waals surface area contributed by atoms with Crippen molar-refractivity contribution in [3.63, 3.8) is 0 Å². The first kappa shape index (κ1) is 15.2. The Bertz CT molecular complexity index is 474. The highest BCUT2D eigenvalue weighted by Gasteiger charge is 2.17. The molecule has 0 saturated carbocycles. The largest absolute Gasteiger partial charge is 0.356 e. The van der Waals surface area contributed by atoms with Gasteiger partial charge < -0.3 is 5.32 Å². The van der Waals surface area contributed by atoms with E-state index in [9.17, 15) is 10.1 Å². The molecule has 1 aromatic carbocycles. The molecule has 19 heavy (non-hydrogen) atoms. The van der Waals surface area contributed by atoms with Gasteiger partial charge in [-0.1, -0.05) is 37.1 Å². The SMILES string of the molecule is CCCCNC(=O)CC(C#N)c1cc(C)ccc1C. The van der Waals surface area contributed by atoms with Crippen LogP contribution in [0.15, 0.2) is 18.2 Å². The minimum absolute atomic E-state index is 0.0408. The zero-order valence-electron chi connectivity index (χ0n) is 12.0. The third-order valence-corrected chi connectivity index (χ3v) is 3.21. The van der Waals surface area contributed by atoms with Crippen LogP contribution in [0.25, 0.3) is 0 Å². The van der Waals surface area contributed by atoms with Gasteiger partial charge in [0.1, 0.15) is 0 Å². The second-order valence-corrected chi connectivity index (χ2v) is 4.95. The van der Waals surface area contributed by atoms with E-state index in [2.05, 4.69) is 18.3 Å². The van der Waals surface area contributed by atoms with Crippen molar-refractivity contribution in [1.82, 2.24) is 5.32 Å². The number of hydrogen-bond donors (Lipinski definition) is 1. The van der Waals surface area contributed by atoms with E-state index < -0.39 is 0 Å². The fourth-order valence-electron chi connectivity index (χ4n) is 2.02. The van der Waals surface area contributed by atoms with Gasteiger partial charge in [-0.25, -0.2) is 0 Å². The molecule has 1 rings (SSSR count). The smallest absolute Gasteiger partial charge is 0.221 e. The normalized spacial score (nSPS) is 11.7. The Morgan fingerprint density at radius 2 is 2.16 bits per heavy atom. The average Bonchev–Trinajstić information content (AvgIpc) is 2.39. The van der Waals surface area contributed by atoms with E-state index in [4.69, 9.17) is 0 Å². The minimum atomic E-state index is -0.360. The van der Waals surface area contributed by atoms with E-state index in [1.807, 2.05) is 32.0 Å². The monoisotopic (exact) mass is 258 g/mol. The van der Waals surface area contributed by atoms with Crippen molar-refractivity contribution in [2.45, 2.75) is 46.0 Å². The lowest BCUT2D eigenvalue weighted by Gasteiger charge is -2.13.